The van der Waals surface area contributed by atoms with E-state index in [2.05, 4.69) is 227 Å². The first-order chi connectivity index (χ1) is 29.2. The van der Waals surface area contributed by atoms with E-state index in [1.165, 1.54) is 60.3 Å². The maximum absolute atomic E-state index is 6.76. The molecule has 278 valence electrons. The van der Waals surface area contributed by atoms with Crippen LogP contribution in [0.25, 0.3) is 99.0 Å². The molecule has 4 heteroatoms. The lowest BCUT2D eigenvalue weighted by Crippen LogP contribution is -1.96. The molecule has 0 saturated carbocycles. The zero-order valence-electron chi connectivity index (χ0n) is 32.4. The van der Waals surface area contributed by atoms with Gasteiger partial charge in [0.25, 0.3) is 0 Å². The molecule has 0 aliphatic heterocycles. The number of benzene rings is 9. The standard InChI is InChI=1S/C55H37N3O/c1-56-50-21-11-8-18-44(50)47-33-40(24-27-51(47)56)57-52-22-12-9-19-45(52)48-34-42(25-28-54(48)57)59-43-26-29-55-49(35-43)46-20-10-13-23-53(46)58(55)41-31-38(36-14-4-2-5-15-36)30-39(32-41)37-16-6-3-7-17-37/h2-35H,1H3. The van der Waals surface area contributed by atoms with Crippen LogP contribution in [0.4, 0.5) is 0 Å². The minimum Gasteiger partial charge on any atom is -0.457 e. The van der Waals surface area contributed by atoms with E-state index in [0.717, 1.165) is 50.2 Å². The number of aromatic nitrogens is 3. The van der Waals surface area contributed by atoms with Gasteiger partial charge in [-0.05, 0) is 113 Å². The number of rotatable bonds is 6. The smallest absolute Gasteiger partial charge is 0.128 e. The van der Waals surface area contributed by atoms with Crippen LogP contribution in [0, 0.1) is 0 Å². The summed E-state index contributed by atoms with van der Waals surface area (Å²) >= 11 is 0. The number of para-hydroxylation sites is 3. The molecular formula is C55H37N3O. The first-order valence-corrected chi connectivity index (χ1v) is 20.1. The largest absolute Gasteiger partial charge is 0.457 e. The third-order valence-corrected chi connectivity index (χ3v) is 12.1. The first-order valence-electron chi connectivity index (χ1n) is 20.1. The van der Waals surface area contributed by atoms with Crippen molar-refractivity contribution in [3.63, 3.8) is 0 Å². The van der Waals surface area contributed by atoms with Gasteiger partial charge in [-0.15, -0.1) is 0 Å². The van der Waals surface area contributed by atoms with Crippen molar-refractivity contribution < 1.29 is 4.74 Å². The molecule has 0 atom stereocenters. The highest BCUT2D eigenvalue weighted by Gasteiger charge is 2.18. The Hall–Kier alpha value is -7.82. The van der Waals surface area contributed by atoms with Gasteiger partial charge in [0.1, 0.15) is 11.5 Å². The minimum absolute atomic E-state index is 0.799. The number of nitrogens with zero attached hydrogens (tertiary/aromatic N) is 3. The van der Waals surface area contributed by atoms with Gasteiger partial charge in [0, 0.05) is 61.8 Å². The number of fused-ring (bicyclic) bond motifs is 9. The molecule has 0 bridgehead atoms. The summed E-state index contributed by atoms with van der Waals surface area (Å²) in [7, 11) is 2.15. The summed E-state index contributed by atoms with van der Waals surface area (Å²) in [5.74, 6) is 1.60. The third-order valence-electron chi connectivity index (χ3n) is 12.1. The SMILES string of the molecule is Cn1c2ccccc2c2cc(-n3c4ccccc4c4cc(Oc5ccc6c(c5)c5ccccc5n6-c5cc(-c6ccccc6)cc(-c6ccccc6)c5)ccc43)ccc21. The van der Waals surface area contributed by atoms with Crippen LogP contribution in [0.5, 0.6) is 11.5 Å². The second-order valence-corrected chi connectivity index (χ2v) is 15.4. The van der Waals surface area contributed by atoms with E-state index in [-0.39, 0.29) is 0 Å². The Morgan fingerprint density at radius 2 is 0.695 bits per heavy atom. The Bertz CT molecular complexity index is 3530. The molecule has 3 aromatic heterocycles. The fourth-order valence-corrected chi connectivity index (χ4v) is 9.35. The van der Waals surface area contributed by atoms with Crippen LogP contribution in [0.2, 0.25) is 0 Å². The van der Waals surface area contributed by atoms with Crippen molar-refractivity contribution in [3.05, 3.63) is 206 Å². The van der Waals surface area contributed by atoms with Gasteiger partial charge >= 0.3 is 0 Å². The predicted octanol–water partition coefficient (Wildman–Crippen LogP) is 14.7. The summed E-state index contributed by atoms with van der Waals surface area (Å²) in [5, 5.41) is 7.19. The predicted molar refractivity (Wildman–Crippen MR) is 246 cm³/mol. The minimum atomic E-state index is 0.799. The molecule has 0 saturated heterocycles. The van der Waals surface area contributed by atoms with Crippen LogP contribution in [0.15, 0.2) is 206 Å². The highest BCUT2D eigenvalue weighted by Crippen LogP contribution is 2.40. The fraction of sp³-hybridized carbons (Fsp3) is 0.0182. The second kappa shape index (κ2) is 13.1. The van der Waals surface area contributed by atoms with E-state index >= 15 is 0 Å². The van der Waals surface area contributed by atoms with Crippen molar-refractivity contribution in [2.75, 3.05) is 0 Å². The van der Waals surface area contributed by atoms with Crippen LogP contribution < -0.4 is 4.74 Å². The molecule has 12 aromatic rings. The fourth-order valence-electron chi connectivity index (χ4n) is 9.35. The normalized spacial score (nSPS) is 11.8. The van der Waals surface area contributed by atoms with E-state index in [1.807, 2.05) is 0 Å². The Kier molecular flexibility index (Phi) is 7.41. The van der Waals surface area contributed by atoms with Gasteiger partial charge in [-0.25, -0.2) is 0 Å². The monoisotopic (exact) mass is 755 g/mol. The van der Waals surface area contributed by atoms with Gasteiger partial charge < -0.3 is 18.4 Å². The number of aryl methyl sites for hydroxylation is 1. The lowest BCUT2D eigenvalue weighted by Gasteiger charge is -2.14. The molecule has 0 spiro atoms. The summed E-state index contributed by atoms with van der Waals surface area (Å²) in [4.78, 5) is 0. The molecule has 0 aliphatic rings. The van der Waals surface area contributed by atoms with Crippen molar-refractivity contribution in [2.45, 2.75) is 0 Å². The number of hydrogen-bond donors (Lipinski definition) is 0. The molecule has 59 heavy (non-hydrogen) atoms. The highest BCUT2D eigenvalue weighted by atomic mass is 16.5. The van der Waals surface area contributed by atoms with E-state index in [1.54, 1.807) is 0 Å². The Morgan fingerprint density at radius 3 is 1.25 bits per heavy atom. The summed E-state index contributed by atoms with van der Waals surface area (Å²) < 4.78 is 13.8. The molecule has 0 amide bonds. The van der Waals surface area contributed by atoms with Gasteiger partial charge in [-0.3, -0.25) is 0 Å². The molecule has 0 unspecified atom stereocenters. The van der Waals surface area contributed by atoms with Gasteiger partial charge in [0.05, 0.1) is 22.1 Å². The zero-order chi connectivity index (χ0) is 39.0. The van der Waals surface area contributed by atoms with Crippen molar-refractivity contribution in [1.82, 2.24) is 13.7 Å². The zero-order valence-corrected chi connectivity index (χ0v) is 32.4. The van der Waals surface area contributed by atoms with Crippen molar-refractivity contribution in [1.29, 1.82) is 0 Å². The average molecular weight is 756 g/mol. The maximum Gasteiger partial charge on any atom is 0.128 e. The van der Waals surface area contributed by atoms with Crippen molar-refractivity contribution >= 4 is 65.4 Å². The molecule has 3 heterocycles. The molecule has 0 aliphatic carbocycles. The van der Waals surface area contributed by atoms with Crippen LogP contribution in [-0.2, 0) is 7.05 Å². The summed E-state index contributed by atoms with van der Waals surface area (Å²) in [6, 6.07) is 74.0. The van der Waals surface area contributed by atoms with Crippen LogP contribution in [0.3, 0.4) is 0 Å². The summed E-state index contributed by atoms with van der Waals surface area (Å²) in [6.07, 6.45) is 0. The van der Waals surface area contributed by atoms with E-state index in [4.69, 9.17) is 4.74 Å². The van der Waals surface area contributed by atoms with Crippen LogP contribution in [0.1, 0.15) is 0 Å². The van der Waals surface area contributed by atoms with Crippen LogP contribution >= 0.6 is 0 Å². The van der Waals surface area contributed by atoms with Gasteiger partial charge in [-0.2, -0.15) is 0 Å². The summed E-state index contributed by atoms with van der Waals surface area (Å²) in [6.45, 7) is 0. The molecule has 4 nitrogen and oxygen atoms in total. The highest BCUT2D eigenvalue weighted by molar-refractivity contribution is 6.12. The third kappa shape index (κ3) is 5.30. The molecule has 0 radical (unpaired) electrons. The molecule has 9 aromatic carbocycles. The Morgan fingerprint density at radius 1 is 0.288 bits per heavy atom. The first kappa shape index (κ1) is 33.3. The lowest BCUT2D eigenvalue weighted by atomic mass is 9.98. The van der Waals surface area contributed by atoms with Crippen molar-refractivity contribution in [2.24, 2.45) is 7.05 Å². The molecule has 0 fully saturated rings. The summed E-state index contributed by atoms with van der Waals surface area (Å²) in [5.41, 5.74) is 14.0. The van der Waals surface area contributed by atoms with Gasteiger partial charge in [0.15, 0.2) is 0 Å². The molecule has 0 N–H and O–H groups in total. The number of hydrogen-bond acceptors (Lipinski definition) is 1. The second-order valence-electron chi connectivity index (χ2n) is 15.4. The molecule has 12 rings (SSSR count). The Balaban J connectivity index is 0.968. The van der Waals surface area contributed by atoms with Gasteiger partial charge in [-0.1, -0.05) is 115 Å². The van der Waals surface area contributed by atoms with E-state index in [9.17, 15) is 0 Å². The topological polar surface area (TPSA) is 24.0 Å². The number of ether oxygens (including phenoxy) is 1. The van der Waals surface area contributed by atoms with Crippen LogP contribution in [-0.4, -0.2) is 13.7 Å². The lowest BCUT2D eigenvalue weighted by molar-refractivity contribution is 0.484. The maximum atomic E-state index is 6.76. The quantitative estimate of drug-likeness (QED) is 0.166. The van der Waals surface area contributed by atoms with E-state index in [0.29, 0.717) is 0 Å². The average Bonchev–Trinajstić information content (AvgIpc) is 3.91. The molecular weight excluding hydrogens is 719 g/mol. The van der Waals surface area contributed by atoms with E-state index < -0.39 is 0 Å². The Labute approximate surface area is 341 Å². The van der Waals surface area contributed by atoms with Crippen molar-refractivity contribution in [3.8, 4) is 45.1 Å². The van der Waals surface area contributed by atoms with Gasteiger partial charge in [0.2, 0.25) is 0 Å².